The van der Waals surface area contributed by atoms with E-state index in [1.165, 1.54) is 11.8 Å². The minimum Gasteiger partial charge on any atom is -0.497 e. The topological polar surface area (TPSA) is 92.5 Å². The summed E-state index contributed by atoms with van der Waals surface area (Å²) in [7, 11) is 1.64. The molecule has 0 unspecified atom stereocenters. The quantitative estimate of drug-likeness (QED) is 0.524. The molecule has 31 heavy (non-hydrogen) atoms. The molecule has 160 valence electrons. The number of aromatic nitrogens is 1. The lowest BCUT2D eigenvalue weighted by atomic mass is 10.1. The summed E-state index contributed by atoms with van der Waals surface area (Å²) in [6.45, 7) is 0.946. The molecule has 8 heteroatoms. The summed E-state index contributed by atoms with van der Waals surface area (Å²) < 4.78 is 10.7. The second-order valence-electron chi connectivity index (χ2n) is 6.93. The third kappa shape index (κ3) is 4.86. The lowest BCUT2D eigenvalue weighted by Gasteiger charge is -2.15. The van der Waals surface area contributed by atoms with E-state index in [4.69, 9.17) is 9.47 Å². The number of amides is 2. The van der Waals surface area contributed by atoms with E-state index in [1.807, 2.05) is 24.4 Å². The summed E-state index contributed by atoms with van der Waals surface area (Å²) in [5.74, 6) is 1.26. The number of anilines is 1. The van der Waals surface area contributed by atoms with Crippen LogP contribution in [0.15, 0.2) is 59.8 Å². The summed E-state index contributed by atoms with van der Waals surface area (Å²) in [6, 6.07) is 12.8. The Kier molecular flexibility index (Phi) is 6.47. The largest absolute Gasteiger partial charge is 0.497 e. The van der Waals surface area contributed by atoms with E-state index in [0.29, 0.717) is 30.8 Å². The van der Waals surface area contributed by atoms with Crippen molar-refractivity contribution in [3.63, 3.8) is 0 Å². The number of rotatable bonds is 7. The number of para-hydroxylation sites is 1. The number of carbonyl (C=O) groups is 2. The number of H-pyrrole nitrogens is 1. The zero-order valence-corrected chi connectivity index (χ0v) is 17.9. The number of hydrogen-bond acceptors (Lipinski definition) is 5. The Hall–Kier alpha value is -3.39. The van der Waals surface area contributed by atoms with Gasteiger partial charge in [-0.25, -0.2) is 0 Å². The fraction of sp³-hybridized carbons (Fsp3) is 0.217. The molecule has 0 fully saturated rings. The molecule has 4 rings (SSSR count). The van der Waals surface area contributed by atoms with Crippen molar-refractivity contribution < 1.29 is 19.1 Å². The molecule has 0 atom stereocenters. The van der Waals surface area contributed by atoms with Crippen LogP contribution < -0.4 is 15.4 Å². The Morgan fingerprint density at radius 3 is 2.87 bits per heavy atom. The maximum Gasteiger partial charge on any atom is 0.291 e. The van der Waals surface area contributed by atoms with Gasteiger partial charge in [-0.05, 0) is 42.3 Å². The number of methoxy groups -OCH3 is 1. The molecule has 0 spiro atoms. The standard InChI is InChI=1S/C23H23N3O4S/c1-29-16-6-7-19-18(12-16)15(13-25-19)8-9-24-22(27)17-4-2-3-5-20(17)26-23(28)21-14-31-11-10-30-21/h2-7,12-14,25H,8-11H2,1H3,(H,24,27)(H,26,28). The summed E-state index contributed by atoms with van der Waals surface area (Å²) in [4.78, 5) is 28.4. The average molecular weight is 438 g/mol. The fourth-order valence-corrected chi connectivity index (χ4v) is 3.98. The molecule has 0 saturated heterocycles. The minimum absolute atomic E-state index is 0.249. The molecule has 1 aromatic heterocycles. The maximum atomic E-state index is 12.8. The van der Waals surface area contributed by atoms with Crippen LogP contribution in [0.2, 0.25) is 0 Å². The van der Waals surface area contributed by atoms with Gasteiger partial charge >= 0.3 is 0 Å². The van der Waals surface area contributed by atoms with Crippen LogP contribution >= 0.6 is 11.8 Å². The molecule has 0 bridgehead atoms. The van der Waals surface area contributed by atoms with Crippen LogP contribution in [0, 0.1) is 0 Å². The summed E-state index contributed by atoms with van der Waals surface area (Å²) in [6.07, 6.45) is 2.60. The Morgan fingerprint density at radius 2 is 2.06 bits per heavy atom. The SMILES string of the molecule is COc1ccc2[nH]cc(CCNC(=O)c3ccccc3NC(=O)C3=CSCCO3)c2c1. The molecule has 0 saturated carbocycles. The molecule has 0 radical (unpaired) electrons. The van der Waals surface area contributed by atoms with E-state index in [1.54, 1.807) is 36.8 Å². The van der Waals surface area contributed by atoms with Crippen LogP contribution in [0.25, 0.3) is 10.9 Å². The highest BCUT2D eigenvalue weighted by Crippen LogP contribution is 2.24. The number of fused-ring (bicyclic) bond motifs is 1. The molecule has 2 aromatic carbocycles. The molecule has 2 heterocycles. The summed E-state index contributed by atoms with van der Waals surface area (Å²) in [5, 5.41) is 8.48. The first-order valence-electron chi connectivity index (χ1n) is 9.93. The lowest BCUT2D eigenvalue weighted by Crippen LogP contribution is -2.27. The smallest absolute Gasteiger partial charge is 0.291 e. The van der Waals surface area contributed by atoms with Crippen molar-refractivity contribution in [3.8, 4) is 5.75 Å². The second kappa shape index (κ2) is 9.61. The number of benzene rings is 2. The van der Waals surface area contributed by atoms with Gasteiger partial charge in [0.1, 0.15) is 5.75 Å². The van der Waals surface area contributed by atoms with Crippen molar-refractivity contribution in [2.75, 3.05) is 31.3 Å². The van der Waals surface area contributed by atoms with Crippen LogP contribution in [0.5, 0.6) is 5.75 Å². The van der Waals surface area contributed by atoms with Crippen molar-refractivity contribution >= 4 is 40.2 Å². The normalized spacial score (nSPS) is 13.3. The molecular formula is C23H23N3O4S. The van der Waals surface area contributed by atoms with Crippen molar-refractivity contribution in [1.29, 1.82) is 0 Å². The third-order valence-electron chi connectivity index (χ3n) is 4.95. The number of ether oxygens (including phenoxy) is 2. The first-order valence-corrected chi connectivity index (χ1v) is 11.0. The first-order chi connectivity index (χ1) is 15.2. The van der Waals surface area contributed by atoms with Crippen LogP contribution in [-0.2, 0) is 16.0 Å². The molecule has 1 aliphatic heterocycles. The van der Waals surface area contributed by atoms with Crippen LogP contribution in [0.1, 0.15) is 15.9 Å². The molecule has 0 aliphatic carbocycles. The van der Waals surface area contributed by atoms with E-state index in [2.05, 4.69) is 15.6 Å². The molecule has 3 N–H and O–H groups in total. The van der Waals surface area contributed by atoms with Crippen molar-refractivity contribution in [3.05, 3.63) is 71.0 Å². The molecule has 1 aliphatic rings. The highest BCUT2D eigenvalue weighted by Gasteiger charge is 2.18. The third-order valence-corrected chi connectivity index (χ3v) is 5.73. The number of hydrogen-bond donors (Lipinski definition) is 3. The fourth-order valence-electron chi connectivity index (χ4n) is 3.36. The highest BCUT2D eigenvalue weighted by atomic mass is 32.2. The number of carbonyl (C=O) groups excluding carboxylic acids is 2. The highest BCUT2D eigenvalue weighted by molar-refractivity contribution is 8.02. The van der Waals surface area contributed by atoms with Gasteiger partial charge in [0.05, 0.1) is 25.0 Å². The molecule has 3 aromatic rings. The van der Waals surface area contributed by atoms with Gasteiger partial charge in [0.2, 0.25) is 0 Å². The number of nitrogens with one attached hydrogen (secondary N) is 3. The Bertz CT molecular complexity index is 1140. The predicted molar refractivity (Wildman–Crippen MR) is 122 cm³/mol. The van der Waals surface area contributed by atoms with E-state index < -0.39 is 0 Å². The van der Waals surface area contributed by atoms with Crippen LogP contribution in [-0.4, -0.2) is 42.8 Å². The average Bonchev–Trinajstić information content (AvgIpc) is 3.22. The Labute approximate surface area is 184 Å². The first kappa shape index (κ1) is 20.9. The van der Waals surface area contributed by atoms with Gasteiger partial charge in [0.15, 0.2) is 5.76 Å². The van der Waals surface area contributed by atoms with Gasteiger partial charge in [0, 0.05) is 34.8 Å². The van der Waals surface area contributed by atoms with Gasteiger partial charge in [-0.3, -0.25) is 9.59 Å². The predicted octanol–water partition coefficient (Wildman–Crippen LogP) is 3.69. The van der Waals surface area contributed by atoms with Crippen LogP contribution in [0.4, 0.5) is 5.69 Å². The maximum absolute atomic E-state index is 12.8. The Morgan fingerprint density at radius 1 is 1.19 bits per heavy atom. The van der Waals surface area contributed by atoms with E-state index in [0.717, 1.165) is 28.0 Å². The van der Waals surface area contributed by atoms with E-state index in [9.17, 15) is 9.59 Å². The van der Waals surface area contributed by atoms with Gasteiger partial charge in [-0.1, -0.05) is 12.1 Å². The van der Waals surface area contributed by atoms with Crippen molar-refractivity contribution in [2.45, 2.75) is 6.42 Å². The minimum atomic E-state index is -0.361. The number of thioether (sulfide) groups is 1. The van der Waals surface area contributed by atoms with E-state index >= 15 is 0 Å². The zero-order chi connectivity index (χ0) is 21.6. The van der Waals surface area contributed by atoms with Crippen LogP contribution in [0.3, 0.4) is 0 Å². The second-order valence-corrected chi connectivity index (χ2v) is 7.91. The molecular weight excluding hydrogens is 414 g/mol. The number of aromatic amines is 1. The summed E-state index contributed by atoms with van der Waals surface area (Å²) >= 11 is 1.53. The Balaban J connectivity index is 1.40. The zero-order valence-electron chi connectivity index (χ0n) is 17.1. The van der Waals surface area contributed by atoms with Crippen molar-refractivity contribution in [1.82, 2.24) is 10.3 Å². The van der Waals surface area contributed by atoms with Gasteiger partial charge in [0.25, 0.3) is 11.8 Å². The van der Waals surface area contributed by atoms with E-state index in [-0.39, 0.29) is 17.6 Å². The van der Waals surface area contributed by atoms with Gasteiger partial charge in [-0.15, -0.1) is 11.8 Å². The molecule has 7 nitrogen and oxygen atoms in total. The van der Waals surface area contributed by atoms with Crippen molar-refractivity contribution in [2.24, 2.45) is 0 Å². The monoisotopic (exact) mass is 437 g/mol. The molecule has 2 amide bonds. The van der Waals surface area contributed by atoms with Gasteiger partial charge < -0.3 is 25.1 Å². The van der Waals surface area contributed by atoms with Gasteiger partial charge in [-0.2, -0.15) is 0 Å². The lowest BCUT2D eigenvalue weighted by molar-refractivity contribution is -0.116. The summed E-state index contributed by atoms with van der Waals surface area (Å²) in [5.41, 5.74) is 2.96.